The molecule has 2 rings (SSSR count). The molecular formula is C21H25BrN2O3. The van der Waals surface area contributed by atoms with E-state index in [0.717, 1.165) is 17.3 Å². The molecule has 0 fully saturated rings. The lowest BCUT2D eigenvalue weighted by molar-refractivity contribution is -0.118. The molecule has 144 valence electrons. The molecule has 0 bridgehead atoms. The highest BCUT2D eigenvalue weighted by molar-refractivity contribution is 9.10. The SMILES string of the molecule is CCc1ccc(OCC(=O)Nc2ccc(C(=O)NC(C)CC)cc2)c(Br)c1. The Morgan fingerprint density at radius 1 is 1.11 bits per heavy atom. The van der Waals surface area contributed by atoms with Crippen LogP contribution in [0.3, 0.4) is 0 Å². The molecule has 1 atom stereocenters. The topological polar surface area (TPSA) is 67.4 Å². The largest absolute Gasteiger partial charge is 0.483 e. The Hall–Kier alpha value is -2.34. The number of aryl methyl sites for hydroxylation is 1. The molecule has 0 saturated carbocycles. The monoisotopic (exact) mass is 432 g/mol. The maximum Gasteiger partial charge on any atom is 0.262 e. The maximum atomic E-state index is 12.1. The van der Waals surface area contributed by atoms with Gasteiger partial charge in [0, 0.05) is 17.3 Å². The average molecular weight is 433 g/mol. The van der Waals surface area contributed by atoms with Crippen molar-refractivity contribution in [3.05, 3.63) is 58.1 Å². The molecule has 0 aliphatic rings. The molecule has 0 aromatic heterocycles. The van der Waals surface area contributed by atoms with Gasteiger partial charge in [-0.3, -0.25) is 9.59 Å². The van der Waals surface area contributed by atoms with Crippen LogP contribution >= 0.6 is 15.9 Å². The molecule has 0 heterocycles. The summed E-state index contributed by atoms with van der Waals surface area (Å²) in [4.78, 5) is 24.2. The molecule has 2 amide bonds. The predicted octanol–water partition coefficient (Wildman–Crippen LogP) is 4.56. The number of amides is 2. The van der Waals surface area contributed by atoms with Crippen molar-refractivity contribution in [1.82, 2.24) is 5.32 Å². The van der Waals surface area contributed by atoms with Crippen LogP contribution in [-0.2, 0) is 11.2 Å². The van der Waals surface area contributed by atoms with Gasteiger partial charge in [0.05, 0.1) is 4.47 Å². The van der Waals surface area contributed by atoms with E-state index in [0.29, 0.717) is 17.0 Å². The number of ether oxygens (including phenoxy) is 1. The Morgan fingerprint density at radius 2 is 1.81 bits per heavy atom. The summed E-state index contributed by atoms with van der Waals surface area (Å²) in [5.74, 6) is 0.239. The normalized spacial score (nSPS) is 11.6. The number of carbonyl (C=O) groups excluding carboxylic acids is 2. The average Bonchev–Trinajstić information content (AvgIpc) is 2.67. The zero-order chi connectivity index (χ0) is 19.8. The van der Waals surface area contributed by atoms with Gasteiger partial charge in [0.15, 0.2) is 6.61 Å². The molecule has 2 aromatic rings. The standard InChI is InChI=1S/C21H25BrN2O3/c1-4-14(3)23-21(26)16-7-9-17(10-8-16)24-20(25)13-27-19-11-6-15(5-2)12-18(19)22/h6-12,14H,4-5,13H2,1-3H3,(H,23,26)(H,24,25). The van der Waals surface area contributed by atoms with Crippen LogP contribution in [0.2, 0.25) is 0 Å². The molecule has 27 heavy (non-hydrogen) atoms. The van der Waals surface area contributed by atoms with Crippen LogP contribution < -0.4 is 15.4 Å². The van der Waals surface area contributed by atoms with Crippen LogP contribution in [0.4, 0.5) is 5.69 Å². The van der Waals surface area contributed by atoms with E-state index in [1.165, 1.54) is 5.56 Å². The number of rotatable bonds is 8. The lowest BCUT2D eigenvalue weighted by Gasteiger charge is -2.12. The zero-order valence-electron chi connectivity index (χ0n) is 15.8. The van der Waals surface area contributed by atoms with Crippen LogP contribution in [0.1, 0.15) is 43.1 Å². The van der Waals surface area contributed by atoms with Gasteiger partial charge in [-0.1, -0.05) is 19.9 Å². The second kappa shape index (κ2) is 10.1. The first kappa shape index (κ1) is 21.0. The van der Waals surface area contributed by atoms with Crippen molar-refractivity contribution in [2.75, 3.05) is 11.9 Å². The van der Waals surface area contributed by atoms with Gasteiger partial charge in [0.1, 0.15) is 5.75 Å². The highest BCUT2D eigenvalue weighted by atomic mass is 79.9. The predicted molar refractivity (Wildman–Crippen MR) is 111 cm³/mol. The molecule has 6 heteroatoms. The lowest BCUT2D eigenvalue weighted by Crippen LogP contribution is -2.31. The summed E-state index contributed by atoms with van der Waals surface area (Å²) in [5, 5.41) is 5.67. The second-order valence-corrected chi connectivity index (χ2v) is 7.17. The van der Waals surface area contributed by atoms with Gasteiger partial charge in [-0.2, -0.15) is 0 Å². The van der Waals surface area contributed by atoms with E-state index >= 15 is 0 Å². The van der Waals surface area contributed by atoms with Gasteiger partial charge in [-0.25, -0.2) is 0 Å². The van der Waals surface area contributed by atoms with E-state index in [1.54, 1.807) is 24.3 Å². The van der Waals surface area contributed by atoms with Crippen molar-refractivity contribution in [1.29, 1.82) is 0 Å². The Kier molecular flexibility index (Phi) is 7.85. The molecule has 5 nitrogen and oxygen atoms in total. The van der Waals surface area contributed by atoms with Crippen LogP contribution in [0.5, 0.6) is 5.75 Å². The van der Waals surface area contributed by atoms with Crippen molar-refractivity contribution < 1.29 is 14.3 Å². The van der Waals surface area contributed by atoms with E-state index in [2.05, 4.69) is 33.5 Å². The Morgan fingerprint density at radius 3 is 2.41 bits per heavy atom. The maximum absolute atomic E-state index is 12.1. The molecule has 0 aliphatic heterocycles. The van der Waals surface area contributed by atoms with Crippen LogP contribution in [0.15, 0.2) is 46.9 Å². The third-order valence-electron chi connectivity index (χ3n) is 4.18. The van der Waals surface area contributed by atoms with Crippen LogP contribution in [0, 0.1) is 0 Å². The van der Waals surface area contributed by atoms with Crippen molar-refractivity contribution in [2.24, 2.45) is 0 Å². The molecule has 0 aliphatic carbocycles. The molecule has 2 aromatic carbocycles. The van der Waals surface area contributed by atoms with Crippen molar-refractivity contribution in [3.63, 3.8) is 0 Å². The van der Waals surface area contributed by atoms with Crippen LogP contribution in [-0.4, -0.2) is 24.5 Å². The fourth-order valence-corrected chi connectivity index (χ4v) is 2.88. The van der Waals surface area contributed by atoms with Gasteiger partial charge in [-0.05, 0) is 77.7 Å². The Balaban J connectivity index is 1.88. The smallest absolute Gasteiger partial charge is 0.262 e. The van der Waals surface area contributed by atoms with E-state index in [9.17, 15) is 9.59 Å². The number of nitrogens with one attached hydrogen (secondary N) is 2. The second-order valence-electron chi connectivity index (χ2n) is 6.32. The first-order valence-electron chi connectivity index (χ1n) is 9.05. The zero-order valence-corrected chi connectivity index (χ0v) is 17.4. The summed E-state index contributed by atoms with van der Waals surface area (Å²) in [5.41, 5.74) is 2.37. The summed E-state index contributed by atoms with van der Waals surface area (Å²) < 4.78 is 6.39. The molecule has 2 N–H and O–H groups in total. The van der Waals surface area contributed by atoms with E-state index < -0.39 is 0 Å². The van der Waals surface area contributed by atoms with Crippen molar-refractivity contribution >= 4 is 33.4 Å². The quantitative estimate of drug-likeness (QED) is 0.642. The van der Waals surface area contributed by atoms with Crippen molar-refractivity contribution in [2.45, 2.75) is 39.7 Å². The van der Waals surface area contributed by atoms with Gasteiger partial charge in [0.2, 0.25) is 0 Å². The third-order valence-corrected chi connectivity index (χ3v) is 4.80. The number of carbonyl (C=O) groups is 2. The number of anilines is 1. The summed E-state index contributed by atoms with van der Waals surface area (Å²) in [6.07, 6.45) is 1.81. The Labute approximate surface area is 168 Å². The number of benzene rings is 2. The van der Waals surface area contributed by atoms with E-state index in [1.807, 2.05) is 32.0 Å². The highest BCUT2D eigenvalue weighted by Gasteiger charge is 2.10. The Bertz CT molecular complexity index is 791. The van der Waals surface area contributed by atoms with E-state index in [-0.39, 0.29) is 24.5 Å². The fourth-order valence-electron chi connectivity index (χ4n) is 2.34. The number of halogens is 1. The van der Waals surface area contributed by atoms with Crippen molar-refractivity contribution in [3.8, 4) is 5.75 Å². The number of hydrogen-bond donors (Lipinski definition) is 2. The van der Waals surface area contributed by atoms with Gasteiger partial charge in [-0.15, -0.1) is 0 Å². The fraction of sp³-hybridized carbons (Fsp3) is 0.333. The third kappa shape index (κ3) is 6.40. The minimum absolute atomic E-state index is 0.0969. The van der Waals surface area contributed by atoms with Gasteiger partial charge in [0.25, 0.3) is 11.8 Å². The van der Waals surface area contributed by atoms with Gasteiger partial charge >= 0.3 is 0 Å². The molecule has 0 spiro atoms. The molecular weight excluding hydrogens is 408 g/mol. The molecule has 0 radical (unpaired) electrons. The van der Waals surface area contributed by atoms with Crippen LogP contribution in [0.25, 0.3) is 0 Å². The first-order chi connectivity index (χ1) is 12.9. The summed E-state index contributed by atoms with van der Waals surface area (Å²) in [7, 11) is 0. The summed E-state index contributed by atoms with van der Waals surface area (Å²) >= 11 is 3.45. The highest BCUT2D eigenvalue weighted by Crippen LogP contribution is 2.26. The number of hydrogen-bond acceptors (Lipinski definition) is 3. The molecule has 0 saturated heterocycles. The summed E-state index contributed by atoms with van der Waals surface area (Å²) in [6, 6.07) is 12.7. The van der Waals surface area contributed by atoms with Gasteiger partial charge < -0.3 is 15.4 Å². The summed E-state index contributed by atoms with van der Waals surface area (Å²) in [6.45, 7) is 5.96. The molecule has 1 unspecified atom stereocenters. The van der Waals surface area contributed by atoms with E-state index in [4.69, 9.17) is 4.74 Å². The minimum Gasteiger partial charge on any atom is -0.483 e. The lowest BCUT2D eigenvalue weighted by atomic mass is 10.1. The first-order valence-corrected chi connectivity index (χ1v) is 9.84. The minimum atomic E-state index is -0.265.